The first-order valence-corrected chi connectivity index (χ1v) is 4.78. The molecule has 6 heteroatoms. The molecule has 0 saturated carbocycles. The summed E-state index contributed by atoms with van der Waals surface area (Å²) in [5.74, 6) is -1.01. The predicted octanol–water partition coefficient (Wildman–Crippen LogP) is 1.09. The highest BCUT2D eigenvalue weighted by atomic mass is 32.1. The van der Waals surface area contributed by atoms with Crippen LogP contribution < -0.4 is 0 Å². The molecular weight excluding hydrogens is 202 g/mol. The molecule has 0 bridgehead atoms. The van der Waals surface area contributed by atoms with Gasteiger partial charge < -0.3 is 5.11 Å². The largest absolute Gasteiger partial charge is 0.476 e. The normalized spacial score (nSPS) is 10.3. The number of carboxylic acid groups (broad SMARTS) is 1. The van der Waals surface area contributed by atoms with Crippen molar-refractivity contribution in [3.05, 3.63) is 34.5 Å². The number of aromatic carboxylic acids is 1. The van der Waals surface area contributed by atoms with Gasteiger partial charge in [-0.25, -0.2) is 4.79 Å². The van der Waals surface area contributed by atoms with E-state index in [1.54, 1.807) is 22.6 Å². The van der Waals surface area contributed by atoms with Crippen LogP contribution in [0.2, 0.25) is 0 Å². The Bertz CT molecular complexity index is 435. The van der Waals surface area contributed by atoms with E-state index in [1.165, 1.54) is 17.4 Å². The molecule has 5 nitrogen and oxygen atoms in total. The molecule has 14 heavy (non-hydrogen) atoms. The topological polar surface area (TPSA) is 68.0 Å². The lowest BCUT2D eigenvalue weighted by Gasteiger charge is -1.95. The number of carbonyl (C=O) groups is 1. The molecule has 0 saturated heterocycles. The Morgan fingerprint density at radius 1 is 1.64 bits per heavy atom. The third-order valence-corrected chi connectivity index (χ3v) is 2.43. The third kappa shape index (κ3) is 1.80. The maximum Gasteiger partial charge on any atom is 0.356 e. The molecule has 0 atom stereocenters. The number of carboxylic acids is 1. The van der Waals surface area contributed by atoms with Gasteiger partial charge in [0.2, 0.25) is 0 Å². The van der Waals surface area contributed by atoms with Crippen LogP contribution in [-0.2, 0) is 6.54 Å². The van der Waals surface area contributed by atoms with Gasteiger partial charge in [-0.2, -0.15) is 5.10 Å². The lowest BCUT2D eigenvalue weighted by atomic mass is 10.5. The molecule has 0 spiro atoms. The van der Waals surface area contributed by atoms with E-state index in [0.29, 0.717) is 6.54 Å². The summed E-state index contributed by atoms with van der Waals surface area (Å²) in [6.07, 6.45) is 3.38. The second-order valence-corrected chi connectivity index (χ2v) is 3.64. The highest BCUT2D eigenvalue weighted by Crippen LogP contribution is 2.07. The summed E-state index contributed by atoms with van der Waals surface area (Å²) in [7, 11) is 0. The van der Waals surface area contributed by atoms with E-state index in [1.807, 2.05) is 0 Å². The van der Waals surface area contributed by atoms with Crippen molar-refractivity contribution in [3.63, 3.8) is 0 Å². The maximum atomic E-state index is 10.5. The van der Waals surface area contributed by atoms with Gasteiger partial charge in [-0.1, -0.05) is 0 Å². The number of hydrogen-bond donors (Lipinski definition) is 1. The highest BCUT2D eigenvalue weighted by Gasteiger charge is 2.06. The van der Waals surface area contributed by atoms with Gasteiger partial charge in [0.25, 0.3) is 0 Å². The maximum absolute atomic E-state index is 10.5. The Morgan fingerprint density at radius 3 is 3.07 bits per heavy atom. The Labute approximate surface area is 83.6 Å². The lowest BCUT2D eigenvalue weighted by molar-refractivity contribution is 0.0689. The van der Waals surface area contributed by atoms with Crippen LogP contribution in [0.1, 0.15) is 15.4 Å². The summed E-state index contributed by atoms with van der Waals surface area (Å²) >= 11 is 1.52. The molecule has 2 rings (SSSR count). The monoisotopic (exact) mass is 209 g/mol. The van der Waals surface area contributed by atoms with Crippen molar-refractivity contribution in [3.8, 4) is 0 Å². The molecule has 1 N–H and O–H groups in total. The van der Waals surface area contributed by atoms with E-state index in [4.69, 9.17) is 5.11 Å². The van der Waals surface area contributed by atoms with Crippen molar-refractivity contribution < 1.29 is 9.90 Å². The van der Waals surface area contributed by atoms with Crippen molar-refractivity contribution in [2.24, 2.45) is 0 Å². The summed E-state index contributed by atoms with van der Waals surface area (Å²) in [6.45, 7) is 0.567. The SMILES string of the molecule is O=C(O)c1ccn(Cc2cncs2)n1. The summed E-state index contributed by atoms with van der Waals surface area (Å²) in [6, 6.07) is 1.48. The zero-order chi connectivity index (χ0) is 9.97. The molecule has 0 unspecified atom stereocenters. The van der Waals surface area contributed by atoms with Crippen LogP contribution in [0.3, 0.4) is 0 Å². The average Bonchev–Trinajstić information content (AvgIpc) is 2.75. The van der Waals surface area contributed by atoms with Crippen molar-refractivity contribution in [2.45, 2.75) is 6.54 Å². The van der Waals surface area contributed by atoms with Crippen LogP contribution in [-0.4, -0.2) is 25.8 Å². The smallest absolute Gasteiger partial charge is 0.356 e. The Hall–Kier alpha value is -1.69. The van der Waals surface area contributed by atoms with Crippen molar-refractivity contribution >= 4 is 17.3 Å². The van der Waals surface area contributed by atoms with Crippen molar-refractivity contribution in [2.75, 3.05) is 0 Å². The van der Waals surface area contributed by atoms with E-state index >= 15 is 0 Å². The molecule has 0 aliphatic heterocycles. The fraction of sp³-hybridized carbons (Fsp3) is 0.125. The summed E-state index contributed by atoms with van der Waals surface area (Å²) in [4.78, 5) is 15.5. The minimum atomic E-state index is -1.01. The molecule has 2 aromatic rings. The number of thiazole rings is 1. The van der Waals surface area contributed by atoms with Crippen LogP contribution in [0.25, 0.3) is 0 Å². The van der Waals surface area contributed by atoms with Gasteiger partial charge in [-0.15, -0.1) is 11.3 Å². The molecule has 0 amide bonds. The summed E-state index contributed by atoms with van der Waals surface area (Å²) in [5, 5.41) is 12.5. The van der Waals surface area contributed by atoms with Crippen molar-refractivity contribution in [1.82, 2.24) is 14.8 Å². The first-order valence-electron chi connectivity index (χ1n) is 3.90. The molecule has 0 aromatic carbocycles. The van der Waals surface area contributed by atoms with E-state index in [2.05, 4.69) is 10.1 Å². The van der Waals surface area contributed by atoms with Gasteiger partial charge in [0, 0.05) is 17.3 Å². The minimum absolute atomic E-state index is 0.0644. The van der Waals surface area contributed by atoms with Gasteiger partial charge in [0.15, 0.2) is 5.69 Å². The first-order chi connectivity index (χ1) is 6.75. The van der Waals surface area contributed by atoms with Crippen LogP contribution in [0.15, 0.2) is 24.0 Å². The van der Waals surface area contributed by atoms with E-state index in [0.717, 1.165) is 4.88 Å². The Balaban J connectivity index is 2.14. The molecule has 0 fully saturated rings. The fourth-order valence-electron chi connectivity index (χ4n) is 1.04. The van der Waals surface area contributed by atoms with Crippen LogP contribution in [0, 0.1) is 0 Å². The van der Waals surface area contributed by atoms with Gasteiger partial charge >= 0.3 is 5.97 Å². The minimum Gasteiger partial charge on any atom is -0.476 e. The number of aromatic nitrogens is 3. The van der Waals surface area contributed by atoms with Crippen LogP contribution in [0.4, 0.5) is 0 Å². The highest BCUT2D eigenvalue weighted by molar-refractivity contribution is 7.09. The standard InChI is InChI=1S/C8H7N3O2S/c12-8(13)7-1-2-11(10-7)4-6-3-9-5-14-6/h1-3,5H,4H2,(H,12,13). The Kier molecular flexibility index (Phi) is 2.28. The van der Waals surface area contributed by atoms with E-state index < -0.39 is 5.97 Å². The molecule has 72 valence electrons. The fourth-order valence-corrected chi connectivity index (χ4v) is 1.63. The molecule has 2 aromatic heterocycles. The van der Waals surface area contributed by atoms with Gasteiger partial charge in [0.1, 0.15) is 0 Å². The Morgan fingerprint density at radius 2 is 2.50 bits per heavy atom. The van der Waals surface area contributed by atoms with Gasteiger partial charge in [-0.3, -0.25) is 9.67 Å². The van der Waals surface area contributed by atoms with Crippen LogP contribution in [0.5, 0.6) is 0 Å². The zero-order valence-electron chi connectivity index (χ0n) is 7.12. The zero-order valence-corrected chi connectivity index (χ0v) is 7.94. The van der Waals surface area contributed by atoms with E-state index in [9.17, 15) is 4.79 Å². The van der Waals surface area contributed by atoms with Crippen molar-refractivity contribution in [1.29, 1.82) is 0 Å². The number of rotatable bonds is 3. The predicted molar refractivity (Wildman–Crippen MR) is 50.4 cm³/mol. The summed E-state index contributed by atoms with van der Waals surface area (Å²) < 4.78 is 1.58. The number of hydrogen-bond acceptors (Lipinski definition) is 4. The van der Waals surface area contributed by atoms with Gasteiger partial charge in [-0.05, 0) is 6.07 Å². The second kappa shape index (κ2) is 3.59. The first kappa shape index (κ1) is 8.89. The number of nitrogens with zero attached hydrogens (tertiary/aromatic N) is 3. The molecule has 0 radical (unpaired) electrons. The molecule has 2 heterocycles. The third-order valence-electron chi connectivity index (χ3n) is 1.66. The molecule has 0 aliphatic rings. The average molecular weight is 209 g/mol. The van der Waals surface area contributed by atoms with Crippen LogP contribution >= 0.6 is 11.3 Å². The molecule has 0 aliphatic carbocycles. The quantitative estimate of drug-likeness (QED) is 0.821. The van der Waals surface area contributed by atoms with E-state index in [-0.39, 0.29) is 5.69 Å². The second-order valence-electron chi connectivity index (χ2n) is 2.67. The van der Waals surface area contributed by atoms with Gasteiger partial charge in [0.05, 0.1) is 12.1 Å². The lowest BCUT2D eigenvalue weighted by Crippen LogP contribution is -2.02. The molecular formula is C8H7N3O2S. The summed E-state index contributed by atoms with van der Waals surface area (Å²) in [5.41, 5.74) is 1.80.